The molecule has 5 nitrogen and oxygen atoms in total. The van der Waals surface area contributed by atoms with Crippen molar-refractivity contribution < 1.29 is 8.83 Å². The standard InChI is InChI=1S/C40H23N3O2/c1-2-10-25(11-3-1)40-41-37(39-38(42-40)29-14-6-9-17-35(29)45-39)24-18-20-26(21-19-24)43-32-15-7-4-12-27(32)30-23-36-31(22-33(30)43)28-13-5-8-16-34(28)44-36/h1-23H. The van der Waals surface area contributed by atoms with Crippen molar-refractivity contribution in [1.82, 2.24) is 14.5 Å². The first-order valence-electron chi connectivity index (χ1n) is 15.0. The number of hydrogen-bond donors (Lipinski definition) is 0. The number of hydrogen-bond acceptors (Lipinski definition) is 4. The number of rotatable bonds is 3. The van der Waals surface area contributed by atoms with Crippen LogP contribution in [0.4, 0.5) is 0 Å². The van der Waals surface area contributed by atoms with E-state index in [9.17, 15) is 0 Å². The van der Waals surface area contributed by atoms with Gasteiger partial charge in [0.2, 0.25) is 0 Å². The van der Waals surface area contributed by atoms with E-state index in [0.29, 0.717) is 11.4 Å². The molecule has 0 amide bonds. The summed E-state index contributed by atoms with van der Waals surface area (Å²) in [5.41, 5.74) is 10.1. The van der Waals surface area contributed by atoms with Gasteiger partial charge in [-0.2, -0.15) is 0 Å². The molecule has 0 aliphatic carbocycles. The molecule has 0 spiro atoms. The Hall–Kier alpha value is -6.20. The van der Waals surface area contributed by atoms with Crippen molar-refractivity contribution in [1.29, 1.82) is 0 Å². The first kappa shape index (κ1) is 24.3. The molecule has 4 heterocycles. The predicted octanol–water partition coefficient (Wildman–Crippen LogP) is 10.7. The second-order valence-corrected chi connectivity index (χ2v) is 11.4. The molecule has 210 valence electrons. The van der Waals surface area contributed by atoms with E-state index in [1.54, 1.807) is 0 Å². The molecular formula is C40H23N3O2. The lowest BCUT2D eigenvalue weighted by molar-refractivity contribution is 0.667. The lowest BCUT2D eigenvalue weighted by atomic mass is 10.1. The normalized spacial score (nSPS) is 12.0. The molecule has 0 unspecified atom stereocenters. The van der Waals surface area contributed by atoms with Gasteiger partial charge in [-0.05, 0) is 48.5 Å². The number of furan rings is 2. The Morgan fingerprint density at radius 1 is 0.444 bits per heavy atom. The topological polar surface area (TPSA) is 57.0 Å². The van der Waals surface area contributed by atoms with Crippen molar-refractivity contribution in [2.24, 2.45) is 0 Å². The number of nitrogens with zero attached hydrogens (tertiary/aromatic N) is 3. The lowest BCUT2D eigenvalue weighted by Gasteiger charge is -2.10. The summed E-state index contributed by atoms with van der Waals surface area (Å²) in [6.07, 6.45) is 0. The van der Waals surface area contributed by atoms with Gasteiger partial charge in [0, 0.05) is 43.7 Å². The molecule has 0 saturated heterocycles. The molecule has 4 aromatic heterocycles. The Kier molecular flexibility index (Phi) is 4.93. The largest absolute Gasteiger partial charge is 0.456 e. The van der Waals surface area contributed by atoms with Crippen LogP contribution in [0.2, 0.25) is 0 Å². The van der Waals surface area contributed by atoms with Crippen LogP contribution in [-0.2, 0) is 0 Å². The van der Waals surface area contributed by atoms with Crippen molar-refractivity contribution in [3.05, 3.63) is 140 Å². The fraction of sp³-hybridized carbons (Fsp3) is 0. The first-order chi connectivity index (χ1) is 22.3. The van der Waals surface area contributed by atoms with Gasteiger partial charge in [0.1, 0.15) is 28.0 Å². The number of para-hydroxylation sites is 3. The van der Waals surface area contributed by atoms with Crippen LogP contribution in [0, 0.1) is 0 Å². The van der Waals surface area contributed by atoms with Crippen molar-refractivity contribution in [3.63, 3.8) is 0 Å². The Balaban J connectivity index is 1.19. The second-order valence-electron chi connectivity index (χ2n) is 11.4. The fourth-order valence-corrected chi connectivity index (χ4v) is 6.74. The zero-order valence-corrected chi connectivity index (χ0v) is 23.9. The third-order valence-corrected chi connectivity index (χ3v) is 8.82. The van der Waals surface area contributed by atoms with E-state index in [1.165, 1.54) is 5.39 Å². The maximum absolute atomic E-state index is 6.38. The number of aromatic nitrogens is 3. The summed E-state index contributed by atoms with van der Waals surface area (Å²) in [7, 11) is 0. The Labute approximate surface area is 256 Å². The summed E-state index contributed by atoms with van der Waals surface area (Å²) < 4.78 is 15.0. The molecule has 6 aromatic carbocycles. The van der Waals surface area contributed by atoms with E-state index >= 15 is 0 Å². The lowest BCUT2D eigenvalue weighted by Crippen LogP contribution is -1.96. The quantitative estimate of drug-likeness (QED) is 0.210. The third-order valence-electron chi connectivity index (χ3n) is 8.82. The first-order valence-corrected chi connectivity index (χ1v) is 15.0. The highest BCUT2D eigenvalue weighted by Gasteiger charge is 2.19. The maximum atomic E-state index is 6.38. The molecule has 0 radical (unpaired) electrons. The summed E-state index contributed by atoms with van der Waals surface area (Å²) in [5.74, 6) is 0.674. The Morgan fingerprint density at radius 3 is 1.96 bits per heavy atom. The van der Waals surface area contributed by atoms with Gasteiger partial charge >= 0.3 is 0 Å². The van der Waals surface area contributed by atoms with Crippen molar-refractivity contribution >= 4 is 65.8 Å². The molecular weight excluding hydrogens is 554 g/mol. The van der Waals surface area contributed by atoms with Crippen LogP contribution in [-0.4, -0.2) is 14.5 Å². The van der Waals surface area contributed by atoms with Gasteiger partial charge in [0.15, 0.2) is 11.4 Å². The average molecular weight is 578 g/mol. The van der Waals surface area contributed by atoms with E-state index in [1.807, 2.05) is 60.7 Å². The smallest absolute Gasteiger partial charge is 0.180 e. The van der Waals surface area contributed by atoms with Crippen molar-refractivity contribution in [2.45, 2.75) is 0 Å². The Morgan fingerprint density at radius 2 is 1.13 bits per heavy atom. The summed E-state index contributed by atoms with van der Waals surface area (Å²) in [5, 5.41) is 5.56. The maximum Gasteiger partial charge on any atom is 0.180 e. The summed E-state index contributed by atoms with van der Waals surface area (Å²) in [6, 6.07) is 47.9. The van der Waals surface area contributed by atoms with E-state index in [2.05, 4.69) is 83.4 Å². The van der Waals surface area contributed by atoms with Crippen LogP contribution in [0.1, 0.15) is 0 Å². The molecule has 10 aromatic rings. The van der Waals surface area contributed by atoms with Gasteiger partial charge in [0.25, 0.3) is 0 Å². The fourth-order valence-electron chi connectivity index (χ4n) is 6.74. The highest BCUT2D eigenvalue weighted by Crippen LogP contribution is 2.39. The Bertz CT molecular complexity index is 2750. The summed E-state index contributed by atoms with van der Waals surface area (Å²) in [6.45, 7) is 0. The molecule has 0 aliphatic heterocycles. The SMILES string of the molecule is c1ccc(-c2nc(-c3ccc(-n4c5ccccc5c5cc6oc7ccccc7c6cc54)cc3)c3oc4ccccc4c3n2)cc1. The molecule has 5 heteroatoms. The highest BCUT2D eigenvalue weighted by atomic mass is 16.3. The zero-order chi connectivity index (χ0) is 29.5. The minimum Gasteiger partial charge on any atom is -0.456 e. The predicted molar refractivity (Wildman–Crippen MR) is 182 cm³/mol. The van der Waals surface area contributed by atoms with Crippen LogP contribution in [0.3, 0.4) is 0 Å². The molecule has 45 heavy (non-hydrogen) atoms. The van der Waals surface area contributed by atoms with Crippen molar-refractivity contribution in [3.8, 4) is 28.3 Å². The molecule has 0 atom stereocenters. The minimum atomic E-state index is 0.674. The van der Waals surface area contributed by atoms with Gasteiger partial charge < -0.3 is 13.4 Å². The van der Waals surface area contributed by atoms with Gasteiger partial charge in [0.05, 0.1) is 11.0 Å². The molecule has 0 bridgehead atoms. The van der Waals surface area contributed by atoms with E-state index in [0.717, 1.165) is 77.4 Å². The van der Waals surface area contributed by atoms with E-state index in [4.69, 9.17) is 18.8 Å². The minimum absolute atomic E-state index is 0.674. The summed E-state index contributed by atoms with van der Waals surface area (Å²) in [4.78, 5) is 10.0. The van der Waals surface area contributed by atoms with Gasteiger partial charge in [-0.25, -0.2) is 9.97 Å². The third kappa shape index (κ3) is 3.55. The van der Waals surface area contributed by atoms with Crippen LogP contribution in [0.15, 0.2) is 148 Å². The molecule has 0 aliphatic rings. The molecule has 0 fully saturated rings. The van der Waals surface area contributed by atoms with Gasteiger partial charge in [-0.1, -0.05) is 91.0 Å². The molecule has 0 saturated carbocycles. The second kappa shape index (κ2) is 9.15. The average Bonchev–Trinajstić information content (AvgIpc) is 3.76. The summed E-state index contributed by atoms with van der Waals surface area (Å²) >= 11 is 0. The van der Waals surface area contributed by atoms with Crippen LogP contribution in [0.25, 0.3) is 94.1 Å². The van der Waals surface area contributed by atoms with Crippen molar-refractivity contribution in [2.75, 3.05) is 0 Å². The van der Waals surface area contributed by atoms with E-state index in [-0.39, 0.29) is 0 Å². The van der Waals surface area contributed by atoms with Crippen LogP contribution < -0.4 is 0 Å². The van der Waals surface area contributed by atoms with Crippen LogP contribution in [0.5, 0.6) is 0 Å². The van der Waals surface area contributed by atoms with Gasteiger partial charge in [-0.3, -0.25) is 0 Å². The zero-order valence-electron chi connectivity index (χ0n) is 23.9. The molecule has 10 rings (SSSR count). The van der Waals surface area contributed by atoms with E-state index < -0.39 is 0 Å². The highest BCUT2D eigenvalue weighted by molar-refractivity contribution is 6.17. The van der Waals surface area contributed by atoms with Gasteiger partial charge in [-0.15, -0.1) is 0 Å². The number of benzene rings is 6. The van der Waals surface area contributed by atoms with Crippen LogP contribution >= 0.6 is 0 Å². The monoisotopic (exact) mass is 577 g/mol. The molecule has 0 N–H and O–H groups in total. The number of fused-ring (bicyclic) bond motifs is 9.